The molecule has 1 saturated heterocycles. The molecule has 246 valence electrons. The number of carbonyl (C=O) groups excluding carboxylic acids is 5. The van der Waals surface area contributed by atoms with Crippen LogP contribution in [-0.2, 0) is 35.3 Å². The highest BCUT2D eigenvalue weighted by Gasteiger charge is 2.40. The monoisotopic (exact) mass is 651 g/mol. The highest BCUT2D eigenvalue weighted by atomic mass is 16.7. The van der Waals surface area contributed by atoms with E-state index in [1.807, 2.05) is 42.5 Å². The number of aromatic nitrogens is 1. The lowest BCUT2D eigenvalue weighted by Gasteiger charge is -2.26. The molecule has 1 aromatic heterocycles. The van der Waals surface area contributed by atoms with Crippen molar-refractivity contribution >= 4 is 51.7 Å². The minimum Gasteiger partial charge on any atom is -0.433 e. The Morgan fingerprint density at radius 1 is 0.917 bits per heavy atom. The lowest BCUT2D eigenvalue weighted by atomic mass is 10.1. The Morgan fingerprint density at radius 3 is 2.44 bits per heavy atom. The van der Waals surface area contributed by atoms with Gasteiger partial charge in [0.1, 0.15) is 24.3 Å². The molecule has 0 unspecified atom stereocenters. The molecule has 3 atom stereocenters. The van der Waals surface area contributed by atoms with Crippen LogP contribution in [0.3, 0.4) is 0 Å². The van der Waals surface area contributed by atoms with Gasteiger partial charge in [-0.3, -0.25) is 33.9 Å². The SMILES string of the molecule is O=C(CN1C(=O)[C@@H](NC(=O)c2nccc3ccccc23)CN(C(=O)CCO)c2ccccc21)N[C@H]1CC(=O)O[C@H]1OCc1ccccc1. The maximum absolute atomic E-state index is 14.2. The van der Waals surface area contributed by atoms with E-state index in [9.17, 15) is 29.1 Å². The first kappa shape index (κ1) is 32.3. The van der Waals surface area contributed by atoms with Crippen LogP contribution in [0.1, 0.15) is 28.9 Å². The van der Waals surface area contributed by atoms with Gasteiger partial charge in [-0.15, -0.1) is 0 Å². The number of hydrogen-bond acceptors (Lipinski definition) is 9. The van der Waals surface area contributed by atoms with Gasteiger partial charge in [-0.05, 0) is 29.1 Å². The summed E-state index contributed by atoms with van der Waals surface area (Å²) in [6.45, 7) is -1.05. The minimum absolute atomic E-state index is 0.0904. The van der Waals surface area contributed by atoms with Crippen LogP contribution in [0, 0.1) is 0 Å². The van der Waals surface area contributed by atoms with Gasteiger partial charge in [-0.1, -0.05) is 66.7 Å². The van der Waals surface area contributed by atoms with Gasteiger partial charge in [0, 0.05) is 11.6 Å². The number of rotatable bonds is 10. The number of aliphatic hydroxyl groups is 1. The van der Waals surface area contributed by atoms with E-state index in [-0.39, 0.29) is 37.4 Å². The van der Waals surface area contributed by atoms with Crippen LogP contribution >= 0.6 is 0 Å². The van der Waals surface area contributed by atoms with E-state index in [4.69, 9.17) is 9.47 Å². The van der Waals surface area contributed by atoms with Gasteiger partial charge in [0.05, 0.1) is 44.0 Å². The summed E-state index contributed by atoms with van der Waals surface area (Å²) in [6.07, 6.45) is 0.0924. The van der Waals surface area contributed by atoms with Crippen LogP contribution in [0.4, 0.5) is 11.4 Å². The third-order valence-electron chi connectivity index (χ3n) is 8.08. The van der Waals surface area contributed by atoms with E-state index in [0.29, 0.717) is 11.1 Å². The van der Waals surface area contributed by atoms with Crippen LogP contribution in [0.25, 0.3) is 10.8 Å². The summed E-state index contributed by atoms with van der Waals surface area (Å²) in [5.74, 6) is -2.94. The number of benzene rings is 3. The number of cyclic esters (lactones) is 1. The first-order valence-corrected chi connectivity index (χ1v) is 15.4. The molecule has 48 heavy (non-hydrogen) atoms. The zero-order valence-electron chi connectivity index (χ0n) is 25.8. The number of nitrogens with one attached hydrogen (secondary N) is 2. The molecule has 0 aliphatic carbocycles. The molecule has 4 aromatic rings. The number of esters is 1. The summed E-state index contributed by atoms with van der Waals surface area (Å²) in [5.41, 5.74) is 1.51. The molecule has 1 fully saturated rings. The van der Waals surface area contributed by atoms with Crippen molar-refractivity contribution in [1.82, 2.24) is 15.6 Å². The summed E-state index contributed by atoms with van der Waals surface area (Å²) in [5, 5.41) is 16.4. The van der Waals surface area contributed by atoms with Gasteiger partial charge < -0.3 is 30.1 Å². The number of aliphatic hydroxyl groups excluding tert-OH is 1. The van der Waals surface area contributed by atoms with Crippen LogP contribution in [-0.4, -0.2) is 77.8 Å². The summed E-state index contributed by atoms with van der Waals surface area (Å²) >= 11 is 0. The van der Waals surface area contributed by atoms with Gasteiger partial charge in [-0.25, -0.2) is 0 Å². The standard InChI is InChI=1S/C35H33N5O8/c41-17-15-30(43)39-19-26(38-33(45)32-24-11-5-4-10-23(24)14-16-36-32)34(46)40(28-13-7-6-12-27(28)39)20-29(42)37-25-18-31(44)48-35(25)47-21-22-8-2-1-3-9-22/h1-14,16,25-26,35,41H,15,17-21H2,(H,37,42)(H,38,45)/t25-,26-,35+/m0/s1. The van der Waals surface area contributed by atoms with E-state index in [0.717, 1.165) is 10.9 Å². The first-order chi connectivity index (χ1) is 23.3. The van der Waals surface area contributed by atoms with Crippen LogP contribution in [0.15, 0.2) is 91.1 Å². The molecule has 3 heterocycles. The van der Waals surface area contributed by atoms with Crippen molar-refractivity contribution in [2.24, 2.45) is 0 Å². The number of nitrogens with zero attached hydrogens (tertiary/aromatic N) is 3. The summed E-state index contributed by atoms with van der Waals surface area (Å²) in [6, 6.07) is 22.6. The highest BCUT2D eigenvalue weighted by Crippen LogP contribution is 2.33. The predicted molar refractivity (Wildman–Crippen MR) is 174 cm³/mol. The maximum atomic E-state index is 14.2. The fourth-order valence-corrected chi connectivity index (χ4v) is 5.80. The van der Waals surface area contributed by atoms with Crippen LogP contribution in [0.5, 0.6) is 0 Å². The molecule has 0 saturated carbocycles. The van der Waals surface area contributed by atoms with E-state index in [2.05, 4.69) is 15.6 Å². The van der Waals surface area contributed by atoms with Gasteiger partial charge in [0.2, 0.25) is 18.1 Å². The fourth-order valence-electron chi connectivity index (χ4n) is 5.80. The van der Waals surface area contributed by atoms with E-state index < -0.39 is 61.1 Å². The number of amides is 4. The Bertz CT molecular complexity index is 1850. The molecule has 0 bridgehead atoms. The molecule has 3 N–H and O–H groups in total. The molecule has 4 amide bonds. The second-order valence-corrected chi connectivity index (χ2v) is 11.3. The minimum atomic E-state index is -1.29. The van der Waals surface area contributed by atoms with Crippen molar-refractivity contribution in [3.05, 3.63) is 102 Å². The number of anilines is 2. The predicted octanol–water partition coefficient (Wildman–Crippen LogP) is 2.07. The topological polar surface area (TPSA) is 167 Å². The molecule has 2 aliphatic heterocycles. The third-order valence-corrected chi connectivity index (χ3v) is 8.08. The summed E-state index contributed by atoms with van der Waals surface area (Å²) in [4.78, 5) is 73.6. The molecule has 13 heteroatoms. The van der Waals surface area contributed by atoms with Crippen LogP contribution in [0.2, 0.25) is 0 Å². The van der Waals surface area contributed by atoms with E-state index in [1.54, 1.807) is 42.5 Å². The molecule has 3 aromatic carbocycles. The van der Waals surface area contributed by atoms with E-state index >= 15 is 0 Å². The maximum Gasteiger partial charge on any atom is 0.310 e. The molecule has 6 rings (SSSR count). The second kappa shape index (κ2) is 14.4. The Hall–Kier alpha value is -5.66. The zero-order valence-corrected chi connectivity index (χ0v) is 25.8. The number of para-hydroxylation sites is 2. The van der Waals surface area contributed by atoms with Crippen molar-refractivity contribution in [2.75, 3.05) is 29.5 Å². The van der Waals surface area contributed by atoms with Crippen molar-refractivity contribution in [3.8, 4) is 0 Å². The number of ether oxygens (including phenoxy) is 2. The first-order valence-electron chi connectivity index (χ1n) is 15.4. The zero-order chi connectivity index (χ0) is 33.6. The Kier molecular flexibility index (Phi) is 9.69. The summed E-state index contributed by atoms with van der Waals surface area (Å²) in [7, 11) is 0. The van der Waals surface area contributed by atoms with Gasteiger partial charge in [0.15, 0.2) is 0 Å². The third kappa shape index (κ3) is 7.01. The van der Waals surface area contributed by atoms with Crippen molar-refractivity contribution in [2.45, 2.75) is 37.8 Å². The fraction of sp³-hybridized carbons (Fsp3) is 0.257. The molecule has 0 radical (unpaired) electrons. The average Bonchev–Trinajstić information content (AvgIpc) is 3.40. The Morgan fingerprint density at radius 2 is 1.65 bits per heavy atom. The van der Waals surface area contributed by atoms with Crippen molar-refractivity contribution in [1.29, 1.82) is 0 Å². The smallest absolute Gasteiger partial charge is 0.310 e. The van der Waals surface area contributed by atoms with Crippen molar-refractivity contribution < 1.29 is 38.6 Å². The van der Waals surface area contributed by atoms with E-state index in [1.165, 1.54) is 16.0 Å². The van der Waals surface area contributed by atoms with Gasteiger partial charge in [-0.2, -0.15) is 0 Å². The second-order valence-electron chi connectivity index (χ2n) is 11.3. The van der Waals surface area contributed by atoms with Gasteiger partial charge in [0.25, 0.3) is 11.8 Å². The quantitative estimate of drug-likeness (QED) is 0.218. The Labute approximate surface area is 275 Å². The number of carbonyl (C=O) groups is 5. The summed E-state index contributed by atoms with van der Waals surface area (Å²) < 4.78 is 11.1. The van der Waals surface area contributed by atoms with Crippen LogP contribution < -0.4 is 20.4 Å². The highest BCUT2D eigenvalue weighted by molar-refractivity contribution is 6.12. The lowest BCUT2D eigenvalue weighted by Crippen LogP contribution is -2.55. The normalized spacial score (nSPS) is 19.0. The molecule has 2 aliphatic rings. The molecule has 13 nitrogen and oxygen atoms in total. The lowest BCUT2D eigenvalue weighted by molar-refractivity contribution is -0.168. The van der Waals surface area contributed by atoms with Crippen molar-refractivity contribution in [3.63, 3.8) is 0 Å². The average molecular weight is 652 g/mol. The number of fused-ring (bicyclic) bond motifs is 2. The van der Waals surface area contributed by atoms with Gasteiger partial charge >= 0.3 is 5.97 Å². The largest absolute Gasteiger partial charge is 0.433 e. The molecular formula is C35H33N5O8. The number of hydrogen-bond donors (Lipinski definition) is 3. The molecule has 0 spiro atoms. The molecular weight excluding hydrogens is 618 g/mol. The Balaban J connectivity index is 1.26. The number of pyridine rings is 1.